The summed E-state index contributed by atoms with van der Waals surface area (Å²) in [5, 5.41) is 8.77. The Kier molecular flexibility index (Phi) is 4.77. The lowest BCUT2D eigenvalue weighted by molar-refractivity contribution is -0.132. The van der Waals surface area contributed by atoms with Gasteiger partial charge >= 0.3 is 5.97 Å². The third-order valence-electron chi connectivity index (χ3n) is 3.61. The number of likely N-dealkylation sites (tertiary alicyclic amines) is 1. The molecule has 1 saturated heterocycles. The van der Waals surface area contributed by atoms with Gasteiger partial charge in [0.05, 0.1) is 11.6 Å². The normalized spacial score (nSPS) is 17.8. The van der Waals surface area contributed by atoms with Gasteiger partial charge in [-0.05, 0) is 31.0 Å². The number of carboxylic acids is 1. The molecule has 1 aliphatic rings. The Hall–Kier alpha value is -2.11. The standard InChI is InChI=1S/C15H18FNO4/c1-2-14(18)17-7-3-4-11(17)9-21-13-6-5-10(15(19)20)8-12(13)16/h5-6,8,11H,2-4,7,9H2,1H3,(H,19,20). The molecule has 1 amide bonds. The quantitative estimate of drug-likeness (QED) is 0.905. The van der Waals surface area contributed by atoms with Gasteiger partial charge < -0.3 is 14.7 Å². The number of halogens is 1. The molecule has 6 heteroatoms. The monoisotopic (exact) mass is 295 g/mol. The van der Waals surface area contributed by atoms with Crippen molar-refractivity contribution in [2.45, 2.75) is 32.2 Å². The Morgan fingerprint density at radius 1 is 1.48 bits per heavy atom. The van der Waals surface area contributed by atoms with Gasteiger partial charge in [-0.15, -0.1) is 0 Å². The number of carboxylic acid groups (broad SMARTS) is 1. The number of ether oxygens (including phenoxy) is 1. The second kappa shape index (κ2) is 6.56. The SMILES string of the molecule is CCC(=O)N1CCCC1COc1ccc(C(=O)O)cc1F. The van der Waals surface area contributed by atoms with Crippen molar-refractivity contribution in [1.29, 1.82) is 0 Å². The molecule has 0 aliphatic carbocycles. The predicted molar refractivity (Wildman–Crippen MR) is 73.9 cm³/mol. The third-order valence-corrected chi connectivity index (χ3v) is 3.61. The minimum atomic E-state index is -1.18. The summed E-state index contributed by atoms with van der Waals surface area (Å²) < 4.78 is 19.2. The van der Waals surface area contributed by atoms with E-state index in [1.54, 1.807) is 4.90 Å². The highest BCUT2D eigenvalue weighted by Crippen LogP contribution is 2.22. The number of nitrogens with zero attached hydrogens (tertiary/aromatic N) is 1. The molecule has 1 aromatic carbocycles. The molecule has 1 N–H and O–H groups in total. The van der Waals surface area contributed by atoms with E-state index in [1.807, 2.05) is 6.92 Å². The molecular weight excluding hydrogens is 277 g/mol. The van der Waals surface area contributed by atoms with Gasteiger partial charge in [0.1, 0.15) is 6.61 Å². The zero-order valence-corrected chi connectivity index (χ0v) is 11.8. The van der Waals surface area contributed by atoms with Crippen molar-refractivity contribution in [2.24, 2.45) is 0 Å². The maximum Gasteiger partial charge on any atom is 0.335 e. The molecular formula is C15H18FNO4. The first-order valence-corrected chi connectivity index (χ1v) is 6.98. The van der Waals surface area contributed by atoms with E-state index < -0.39 is 11.8 Å². The van der Waals surface area contributed by atoms with E-state index in [-0.39, 0.29) is 29.9 Å². The molecule has 0 saturated carbocycles. The van der Waals surface area contributed by atoms with Crippen LogP contribution in [-0.4, -0.2) is 41.1 Å². The van der Waals surface area contributed by atoms with Crippen molar-refractivity contribution in [3.63, 3.8) is 0 Å². The van der Waals surface area contributed by atoms with Crippen molar-refractivity contribution in [3.05, 3.63) is 29.6 Å². The van der Waals surface area contributed by atoms with Gasteiger partial charge in [-0.1, -0.05) is 6.92 Å². The maximum atomic E-state index is 13.7. The van der Waals surface area contributed by atoms with Gasteiger partial charge in [0.25, 0.3) is 0 Å². The summed E-state index contributed by atoms with van der Waals surface area (Å²) in [5.74, 6) is -1.81. The topological polar surface area (TPSA) is 66.8 Å². The summed E-state index contributed by atoms with van der Waals surface area (Å²) in [6, 6.07) is 3.49. The Bertz CT molecular complexity index is 546. The molecule has 2 rings (SSSR count). The van der Waals surface area contributed by atoms with Crippen molar-refractivity contribution < 1.29 is 23.8 Å². The minimum Gasteiger partial charge on any atom is -0.488 e. The molecule has 1 fully saturated rings. The van der Waals surface area contributed by atoms with Crippen LogP contribution in [0.25, 0.3) is 0 Å². The van der Waals surface area contributed by atoms with Crippen LogP contribution in [0.2, 0.25) is 0 Å². The molecule has 1 aromatic rings. The van der Waals surface area contributed by atoms with Crippen LogP contribution in [0.1, 0.15) is 36.5 Å². The molecule has 1 aliphatic heterocycles. The number of carbonyl (C=O) groups excluding carboxylic acids is 1. The van der Waals surface area contributed by atoms with E-state index >= 15 is 0 Å². The second-order valence-electron chi connectivity index (χ2n) is 5.00. The smallest absolute Gasteiger partial charge is 0.335 e. The van der Waals surface area contributed by atoms with Crippen LogP contribution >= 0.6 is 0 Å². The van der Waals surface area contributed by atoms with Gasteiger partial charge in [0.2, 0.25) is 5.91 Å². The van der Waals surface area contributed by atoms with Crippen LogP contribution < -0.4 is 4.74 Å². The fourth-order valence-electron chi connectivity index (χ4n) is 2.48. The van der Waals surface area contributed by atoms with Crippen molar-refractivity contribution in [2.75, 3.05) is 13.2 Å². The number of rotatable bonds is 5. The number of aromatic carboxylic acids is 1. The Labute approximate surface area is 122 Å². The van der Waals surface area contributed by atoms with Crippen LogP contribution in [0.4, 0.5) is 4.39 Å². The Morgan fingerprint density at radius 2 is 2.24 bits per heavy atom. The first-order valence-electron chi connectivity index (χ1n) is 6.98. The zero-order chi connectivity index (χ0) is 15.4. The van der Waals surface area contributed by atoms with Gasteiger partial charge in [0.15, 0.2) is 11.6 Å². The molecule has 0 spiro atoms. The summed E-state index contributed by atoms with van der Waals surface area (Å²) in [6.45, 7) is 2.74. The van der Waals surface area contributed by atoms with Gasteiger partial charge in [-0.2, -0.15) is 0 Å². The number of benzene rings is 1. The Balaban J connectivity index is 1.99. The van der Waals surface area contributed by atoms with Crippen molar-refractivity contribution in [3.8, 4) is 5.75 Å². The van der Waals surface area contributed by atoms with Crippen LogP contribution in [0.15, 0.2) is 18.2 Å². The average molecular weight is 295 g/mol. The first kappa shape index (κ1) is 15.3. The number of hydrogen-bond donors (Lipinski definition) is 1. The molecule has 0 aromatic heterocycles. The fourth-order valence-corrected chi connectivity index (χ4v) is 2.48. The molecule has 21 heavy (non-hydrogen) atoms. The molecule has 114 valence electrons. The minimum absolute atomic E-state index is 0.01000. The molecule has 5 nitrogen and oxygen atoms in total. The molecule has 1 unspecified atom stereocenters. The first-order chi connectivity index (χ1) is 10.0. The lowest BCUT2D eigenvalue weighted by Gasteiger charge is -2.24. The lowest BCUT2D eigenvalue weighted by Crippen LogP contribution is -2.38. The van der Waals surface area contributed by atoms with Crippen molar-refractivity contribution in [1.82, 2.24) is 4.90 Å². The highest BCUT2D eigenvalue weighted by molar-refractivity contribution is 5.87. The van der Waals surface area contributed by atoms with Crippen molar-refractivity contribution >= 4 is 11.9 Å². The number of amides is 1. The van der Waals surface area contributed by atoms with E-state index in [9.17, 15) is 14.0 Å². The van der Waals surface area contributed by atoms with Crippen LogP contribution in [0.5, 0.6) is 5.75 Å². The highest BCUT2D eigenvalue weighted by Gasteiger charge is 2.28. The number of carbonyl (C=O) groups is 2. The van der Waals surface area contributed by atoms with E-state index in [4.69, 9.17) is 9.84 Å². The predicted octanol–water partition coefficient (Wildman–Crippen LogP) is 2.30. The van der Waals surface area contributed by atoms with Gasteiger partial charge in [-0.25, -0.2) is 9.18 Å². The average Bonchev–Trinajstić information content (AvgIpc) is 2.93. The molecule has 1 atom stereocenters. The number of hydrogen-bond acceptors (Lipinski definition) is 3. The molecule has 1 heterocycles. The largest absolute Gasteiger partial charge is 0.488 e. The summed E-state index contributed by atoms with van der Waals surface area (Å²) in [5.41, 5.74) is -0.122. The van der Waals surface area contributed by atoms with Crippen LogP contribution in [0, 0.1) is 5.82 Å². The highest BCUT2D eigenvalue weighted by atomic mass is 19.1. The van der Waals surface area contributed by atoms with Crippen LogP contribution in [-0.2, 0) is 4.79 Å². The third kappa shape index (κ3) is 3.51. The van der Waals surface area contributed by atoms with E-state index in [0.29, 0.717) is 13.0 Å². The molecule has 0 radical (unpaired) electrons. The molecule has 0 bridgehead atoms. The Morgan fingerprint density at radius 3 is 2.86 bits per heavy atom. The summed E-state index contributed by atoms with van der Waals surface area (Å²) >= 11 is 0. The fraction of sp³-hybridized carbons (Fsp3) is 0.467. The van der Waals surface area contributed by atoms with Crippen LogP contribution in [0.3, 0.4) is 0 Å². The maximum absolute atomic E-state index is 13.7. The lowest BCUT2D eigenvalue weighted by atomic mass is 10.2. The van der Waals surface area contributed by atoms with Gasteiger partial charge in [0, 0.05) is 13.0 Å². The zero-order valence-electron chi connectivity index (χ0n) is 11.8. The van der Waals surface area contributed by atoms with E-state index in [1.165, 1.54) is 12.1 Å². The van der Waals surface area contributed by atoms with Gasteiger partial charge in [-0.3, -0.25) is 4.79 Å². The summed E-state index contributed by atoms with van der Waals surface area (Å²) in [4.78, 5) is 24.3. The second-order valence-corrected chi connectivity index (χ2v) is 5.00. The van der Waals surface area contributed by atoms with E-state index in [0.717, 1.165) is 18.9 Å². The van der Waals surface area contributed by atoms with E-state index in [2.05, 4.69) is 0 Å². The summed E-state index contributed by atoms with van der Waals surface area (Å²) in [7, 11) is 0. The summed E-state index contributed by atoms with van der Waals surface area (Å²) in [6.07, 6.45) is 2.19.